The Kier molecular flexibility index (Phi) is 7.23. The number of rotatable bonds is 6. The minimum atomic E-state index is -0.217. The molecule has 54 heavy (non-hydrogen) atoms. The van der Waals surface area contributed by atoms with E-state index in [4.69, 9.17) is 0 Å². The molecule has 0 spiro atoms. The summed E-state index contributed by atoms with van der Waals surface area (Å²) in [6, 6.07) is 49.7. The van der Waals surface area contributed by atoms with E-state index >= 15 is 0 Å². The topological polar surface area (TPSA) is 20.0 Å². The maximum atomic E-state index is 3.91. The summed E-state index contributed by atoms with van der Waals surface area (Å²) >= 11 is 0. The third-order valence-electron chi connectivity index (χ3n) is 12.7. The highest BCUT2D eigenvalue weighted by Gasteiger charge is 2.56. The molecule has 0 amide bonds. The van der Waals surface area contributed by atoms with Crippen molar-refractivity contribution >= 4 is 34.0 Å². The van der Waals surface area contributed by atoms with Crippen LogP contribution in [0.2, 0.25) is 0 Å². The first-order chi connectivity index (χ1) is 26.8. The average molecular weight is 697 g/mol. The van der Waals surface area contributed by atoms with Gasteiger partial charge >= 0.3 is 5.84 Å². The molecular weight excluding hydrogens is 655 g/mol. The van der Waals surface area contributed by atoms with Crippen LogP contribution in [-0.4, -0.2) is 15.2 Å². The second-order valence-electron chi connectivity index (χ2n) is 15.4. The van der Waals surface area contributed by atoms with Gasteiger partial charge in [0.2, 0.25) is 0 Å². The van der Waals surface area contributed by atoms with Gasteiger partial charge in [-0.05, 0) is 88.9 Å². The highest BCUT2D eigenvalue weighted by molar-refractivity contribution is 6.03. The van der Waals surface area contributed by atoms with Crippen LogP contribution in [0.25, 0.3) is 28.1 Å². The Hall–Kier alpha value is -6.19. The van der Waals surface area contributed by atoms with E-state index in [1.807, 2.05) is 0 Å². The predicted molar refractivity (Wildman–Crippen MR) is 222 cm³/mol. The molecule has 0 radical (unpaired) electrons. The molecule has 260 valence electrons. The van der Waals surface area contributed by atoms with Gasteiger partial charge in [0.1, 0.15) is 0 Å². The van der Waals surface area contributed by atoms with E-state index in [9.17, 15) is 0 Å². The first kappa shape index (κ1) is 31.3. The number of allylic oxidation sites excluding steroid dienone is 9. The van der Waals surface area contributed by atoms with Crippen LogP contribution in [0.3, 0.4) is 0 Å². The molecule has 3 nitrogen and oxygen atoms in total. The van der Waals surface area contributed by atoms with Gasteiger partial charge < -0.3 is 0 Å². The van der Waals surface area contributed by atoms with Crippen LogP contribution in [0.1, 0.15) is 70.1 Å². The number of aromatic nitrogens is 1. The van der Waals surface area contributed by atoms with Crippen molar-refractivity contribution in [3.8, 4) is 0 Å². The summed E-state index contributed by atoms with van der Waals surface area (Å²) in [6.45, 7) is 0. The zero-order valence-electron chi connectivity index (χ0n) is 30.3. The van der Waals surface area contributed by atoms with E-state index in [0.717, 1.165) is 31.5 Å². The summed E-state index contributed by atoms with van der Waals surface area (Å²) in [7, 11) is 0. The molecular formula is C51H42N3+. The molecule has 0 fully saturated rings. The van der Waals surface area contributed by atoms with Gasteiger partial charge in [-0.25, -0.2) is 5.32 Å². The Morgan fingerprint density at radius 1 is 0.722 bits per heavy atom. The molecule has 0 saturated heterocycles. The number of benzene rings is 5. The lowest BCUT2D eigenvalue weighted by Crippen LogP contribution is -2.55. The van der Waals surface area contributed by atoms with Crippen molar-refractivity contribution in [1.82, 2.24) is 9.99 Å². The molecule has 1 aliphatic heterocycles. The summed E-state index contributed by atoms with van der Waals surface area (Å²) in [5, 5.41) is 5.23. The third-order valence-corrected chi connectivity index (χ3v) is 12.7. The average Bonchev–Trinajstić information content (AvgIpc) is 3.70. The Balaban J connectivity index is 1.21. The maximum Gasteiger partial charge on any atom is 0.308 e. The summed E-state index contributed by atoms with van der Waals surface area (Å²) < 4.78 is 5.14. The molecule has 4 atom stereocenters. The van der Waals surface area contributed by atoms with Crippen molar-refractivity contribution in [2.75, 3.05) is 0 Å². The third kappa shape index (κ3) is 4.57. The smallest absolute Gasteiger partial charge is 0.226 e. The zero-order chi connectivity index (χ0) is 35.6. The summed E-state index contributed by atoms with van der Waals surface area (Å²) in [5.41, 5.74) is 14.5. The molecule has 5 aliphatic rings. The largest absolute Gasteiger partial charge is 0.308 e. The van der Waals surface area contributed by atoms with Crippen LogP contribution in [-0.2, 0) is 11.8 Å². The van der Waals surface area contributed by atoms with Crippen LogP contribution in [0.15, 0.2) is 176 Å². The fourth-order valence-corrected chi connectivity index (χ4v) is 10.3. The Morgan fingerprint density at radius 3 is 2.28 bits per heavy atom. The molecule has 5 aromatic carbocycles. The van der Waals surface area contributed by atoms with Gasteiger partial charge in [0.15, 0.2) is 0 Å². The highest BCUT2D eigenvalue weighted by atomic mass is 15.6. The van der Waals surface area contributed by atoms with Crippen molar-refractivity contribution in [1.29, 1.82) is 0 Å². The van der Waals surface area contributed by atoms with Crippen LogP contribution >= 0.6 is 0 Å². The summed E-state index contributed by atoms with van der Waals surface area (Å²) in [6.07, 6.45) is 23.1. The standard InChI is InChI=1S/C51H41N3/c1-6-18-35(19-7-1)38-30-31-47-43(32-38)44-33-42-41-28-16-17-29-45(41)51(39-24-12-4-13-25-39,40-26-14-5-15-27-40)46(42)34-48(44)53(47)54-49(36-20-8-2-9-21-36)52-50(54)37-22-10-3-11-23-37/h2-6,8-26,28-33,40,46,49H,1,7,27,34H2/p+1. The van der Waals surface area contributed by atoms with E-state index in [1.54, 1.807) is 0 Å². The highest BCUT2D eigenvalue weighted by Crippen LogP contribution is 2.62. The molecule has 1 N–H and O–H groups in total. The van der Waals surface area contributed by atoms with E-state index in [2.05, 4.69) is 197 Å². The molecule has 1 aromatic heterocycles. The normalized spacial score (nSPS) is 23.6. The van der Waals surface area contributed by atoms with Gasteiger partial charge in [0.25, 0.3) is 6.17 Å². The predicted octanol–water partition coefficient (Wildman–Crippen LogP) is 11.0. The second-order valence-corrected chi connectivity index (χ2v) is 15.4. The van der Waals surface area contributed by atoms with Crippen LogP contribution in [0.5, 0.6) is 0 Å². The van der Waals surface area contributed by atoms with E-state index in [-0.39, 0.29) is 17.5 Å². The summed E-state index contributed by atoms with van der Waals surface area (Å²) in [4.78, 5) is 0. The van der Waals surface area contributed by atoms with Crippen molar-refractivity contribution in [2.24, 2.45) is 11.8 Å². The zero-order valence-corrected chi connectivity index (χ0v) is 30.3. The monoisotopic (exact) mass is 696 g/mol. The lowest BCUT2D eigenvalue weighted by atomic mass is 9.58. The molecule has 4 unspecified atom stereocenters. The van der Waals surface area contributed by atoms with Crippen LogP contribution in [0, 0.1) is 11.8 Å². The van der Waals surface area contributed by atoms with Crippen molar-refractivity contribution in [2.45, 2.75) is 37.3 Å². The number of nitrogens with zero attached hydrogens (tertiary/aromatic N) is 2. The lowest BCUT2D eigenvalue weighted by molar-refractivity contribution is -0.656. The van der Waals surface area contributed by atoms with Gasteiger partial charge in [-0.1, -0.05) is 152 Å². The summed E-state index contributed by atoms with van der Waals surface area (Å²) in [5.74, 6) is 1.71. The number of nitrogens with one attached hydrogen (secondary N) is 1. The maximum absolute atomic E-state index is 3.91. The molecule has 6 aromatic rings. The Labute approximate surface area is 317 Å². The fourth-order valence-electron chi connectivity index (χ4n) is 10.3. The minimum absolute atomic E-state index is 0.0128. The van der Waals surface area contributed by atoms with Crippen molar-refractivity contribution < 1.29 is 4.68 Å². The minimum Gasteiger partial charge on any atom is -0.226 e. The lowest BCUT2D eigenvalue weighted by Gasteiger charge is -2.44. The Bertz CT molecular complexity index is 2630. The van der Waals surface area contributed by atoms with Gasteiger partial charge in [-0.3, -0.25) is 0 Å². The van der Waals surface area contributed by atoms with Gasteiger partial charge in [0.05, 0.1) is 16.8 Å². The first-order valence-electron chi connectivity index (χ1n) is 19.6. The molecule has 11 rings (SSSR count). The number of amidine groups is 1. The number of fused-ring (bicyclic) bond motifs is 6. The van der Waals surface area contributed by atoms with Gasteiger partial charge in [-0.2, -0.15) is 4.68 Å². The fraction of sp³-hybridized carbons (Fsp3) is 0.157. The van der Waals surface area contributed by atoms with Crippen molar-refractivity contribution in [3.05, 3.63) is 221 Å². The quantitative estimate of drug-likeness (QED) is 0.172. The van der Waals surface area contributed by atoms with Crippen LogP contribution < -0.4 is 5.32 Å². The first-order valence-corrected chi connectivity index (χ1v) is 19.6. The number of hydrogen-bond acceptors (Lipinski definition) is 1. The van der Waals surface area contributed by atoms with E-state index < -0.39 is 0 Å². The van der Waals surface area contributed by atoms with E-state index in [0.29, 0.717) is 5.92 Å². The second kappa shape index (κ2) is 12.5. The molecule has 3 heteroatoms. The number of hydrogen-bond donors (Lipinski definition) is 1. The van der Waals surface area contributed by atoms with Crippen molar-refractivity contribution in [3.63, 3.8) is 0 Å². The van der Waals surface area contributed by atoms with Gasteiger partial charge in [-0.15, -0.1) is 4.68 Å². The molecule has 0 bridgehead atoms. The van der Waals surface area contributed by atoms with E-state index in [1.165, 1.54) is 66.7 Å². The molecule has 2 heterocycles. The van der Waals surface area contributed by atoms with Gasteiger partial charge in [0, 0.05) is 34.3 Å². The molecule has 4 aliphatic carbocycles. The SMILES string of the molecule is C1=CCC(C2(c3ccccc3)c3ccccc3C3=Cc4c(n([N+]5=C(c6ccccc6)NC5c5ccccc5)c5ccc(C6=CCCC=C6)cc45)CC32)C=C1. The molecule has 0 saturated carbocycles. The van der Waals surface area contributed by atoms with Crippen LogP contribution in [0.4, 0.5) is 0 Å². The Morgan fingerprint density at radius 2 is 1.50 bits per heavy atom.